The predicted octanol–water partition coefficient (Wildman–Crippen LogP) is 4.77. The van der Waals surface area contributed by atoms with E-state index in [1.165, 1.54) is 11.8 Å². The van der Waals surface area contributed by atoms with E-state index in [-0.39, 0.29) is 5.91 Å². The third-order valence-corrected chi connectivity index (χ3v) is 5.34. The number of benzene rings is 1. The smallest absolute Gasteiger partial charge is 0.268 e. The van der Waals surface area contributed by atoms with Crippen LogP contribution in [0.2, 0.25) is 0 Å². The van der Waals surface area contributed by atoms with Gasteiger partial charge in [-0.1, -0.05) is 42.2 Å². The van der Waals surface area contributed by atoms with Crippen molar-refractivity contribution >= 4 is 57.3 Å². The summed E-state index contributed by atoms with van der Waals surface area (Å²) in [5.41, 5.74) is 3.05. The van der Waals surface area contributed by atoms with Crippen molar-refractivity contribution in [1.82, 2.24) is 0 Å². The molecule has 1 aromatic heterocycles. The van der Waals surface area contributed by atoms with Gasteiger partial charge in [0.1, 0.15) is 0 Å². The van der Waals surface area contributed by atoms with Crippen LogP contribution >= 0.6 is 35.3 Å². The second-order valence-electron chi connectivity index (χ2n) is 4.82. The summed E-state index contributed by atoms with van der Waals surface area (Å²) in [5.74, 6) is -0.0351. The van der Waals surface area contributed by atoms with Crippen molar-refractivity contribution in [1.29, 1.82) is 0 Å². The molecule has 0 atom stereocenters. The molecule has 2 heterocycles. The molecule has 21 heavy (non-hydrogen) atoms. The standard InChI is InChI=1S/C16H13NOS3/c1-10-5-6-11(2)13(8-10)17-15(18)14(21-16(17)19)9-12-4-3-7-20-12/h3-9H,1-2H3. The van der Waals surface area contributed by atoms with Gasteiger partial charge in [-0.3, -0.25) is 9.69 Å². The first-order chi connectivity index (χ1) is 10.1. The fourth-order valence-corrected chi connectivity index (χ4v) is 4.15. The molecule has 2 aromatic rings. The van der Waals surface area contributed by atoms with Crippen LogP contribution in [0.3, 0.4) is 0 Å². The molecule has 0 saturated carbocycles. The Labute approximate surface area is 137 Å². The highest BCUT2D eigenvalue weighted by Gasteiger charge is 2.34. The molecule has 0 N–H and O–H groups in total. The molecule has 0 bridgehead atoms. The van der Waals surface area contributed by atoms with Crippen LogP contribution in [0.4, 0.5) is 5.69 Å². The van der Waals surface area contributed by atoms with Crippen LogP contribution in [0, 0.1) is 13.8 Å². The topological polar surface area (TPSA) is 20.3 Å². The molecule has 1 aliphatic heterocycles. The zero-order valence-corrected chi connectivity index (χ0v) is 14.1. The minimum Gasteiger partial charge on any atom is -0.268 e. The summed E-state index contributed by atoms with van der Waals surface area (Å²) in [6, 6.07) is 10.0. The Kier molecular flexibility index (Phi) is 3.97. The summed E-state index contributed by atoms with van der Waals surface area (Å²) in [6.07, 6.45) is 1.91. The second-order valence-corrected chi connectivity index (χ2v) is 7.48. The SMILES string of the molecule is Cc1ccc(C)c(N2C(=O)C(=Cc3cccs3)SC2=S)c1. The molecule has 0 aliphatic carbocycles. The van der Waals surface area contributed by atoms with Gasteiger partial charge in [-0.05, 0) is 48.6 Å². The number of aryl methyl sites for hydroxylation is 2. The summed E-state index contributed by atoms with van der Waals surface area (Å²) in [6.45, 7) is 4.01. The molecule has 1 aromatic carbocycles. The molecule has 1 amide bonds. The normalized spacial score (nSPS) is 17.0. The highest BCUT2D eigenvalue weighted by Crippen LogP contribution is 2.37. The molecule has 5 heteroatoms. The van der Waals surface area contributed by atoms with Crippen LogP contribution in [0.1, 0.15) is 16.0 Å². The van der Waals surface area contributed by atoms with Gasteiger partial charge in [-0.15, -0.1) is 11.3 Å². The van der Waals surface area contributed by atoms with Crippen molar-refractivity contribution in [2.45, 2.75) is 13.8 Å². The molecule has 1 fully saturated rings. The van der Waals surface area contributed by atoms with E-state index >= 15 is 0 Å². The summed E-state index contributed by atoms with van der Waals surface area (Å²) >= 11 is 8.38. The summed E-state index contributed by atoms with van der Waals surface area (Å²) in [5, 5.41) is 2.00. The number of anilines is 1. The molecule has 3 rings (SSSR count). The Hall–Kier alpha value is -1.43. The van der Waals surface area contributed by atoms with Crippen LogP contribution in [-0.2, 0) is 4.79 Å². The fourth-order valence-electron chi connectivity index (χ4n) is 2.14. The van der Waals surface area contributed by atoms with E-state index in [0.29, 0.717) is 9.23 Å². The number of nitrogens with zero attached hydrogens (tertiary/aromatic N) is 1. The molecule has 0 unspecified atom stereocenters. The molecular weight excluding hydrogens is 318 g/mol. The largest absolute Gasteiger partial charge is 0.270 e. The maximum absolute atomic E-state index is 12.7. The Morgan fingerprint density at radius 1 is 1.24 bits per heavy atom. The molecular formula is C16H13NOS3. The van der Waals surface area contributed by atoms with Crippen LogP contribution in [0.15, 0.2) is 40.6 Å². The zero-order chi connectivity index (χ0) is 15.0. The monoisotopic (exact) mass is 331 g/mol. The van der Waals surface area contributed by atoms with Crippen LogP contribution < -0.4 is 4.90 Å². The molecule has 1 aliphatic rings. The lowest BCUT2D eigenvalue weighted by Gasteiger charge is -2.17. The first-order valence-corrected chi connectivity index (χ1v) is 8.55. The van der Waals surface area contributed by atoms with Gasteiger partial charge in [0.05, 0.1) is 10.6 Å². The van der Waals surface area contributed by atoms with Crippen LogP contribution in [-0.4, -0.2) is 10.2 Å². The lowest BCUT2D eigenvalue weighted by atomic mass is 10.1. The Morgan fingerprint density at radius 3 is 2.76 bits per heavy atom. The fraction of sp³-hybridized carbons (Fsp3) is 0.125. The minimum absolute atomic E-state index is 0.0351. The lowest BCUT2D eigenvalue weighted by Crippen LogP contribution is -2.28. The maximum Gasteiger partial charge on any atom is 0.270 e. The number of rotatable bonds is 2. The summed E-state index contributed by atoms with van der Waals surface area (Å²) < 4.78 is 0.594. The van der Waals surface area contributed by atoms with Crippen molar-refractivity contribution in [2.75, 3.05) is 4.90 Å². The second kappa shape index (κ2) is 5.75. The van der Waals surface area contributed by atoms with E-state index in [1.54, 1.807) is 16.2 Å². The number of amides is 1. The van der Waals surface area contributed by atoms with Gasteiger partial charge in [0.25, 0.3) is 5.91 Å². The predicted molar refractivity (Wildman–Crippen MR) is 95.9 cm³/mol. The number of thiocarbonyl (C=S) groups is 1. The van der Waals surface area contributed by atoms with E-state index < -0.39 is 0 Å². The molecule has 2 nitrogen and oxygen atoms in total. The number of carbonyl (C=O) groups is 1. The first kappa shape index (κ1) is 14.5. The van der Waals surface area contributed by atoms with E-state index in [2.05, 4.69) is 0 Å². The van der Waals surface area contributed by atoms with Crippen molar-refractivity contribution in [3.8, 4) is 0 Å². The minimum atomic E-state index is -0.0351. The highest BCUT2D eigenvalue weighted by atomic mass is 32.2. The Morgan fingerprint density at radius 2 is 2.05 bits per heavy atom. The van der Waals surface area contributed by atoms with Gasteiger partial charge < -0.3 is 0 Å². The van der Waals surface area contributed by atoms with Gasteiger partial charge in [-0.2, -0.15) is 0 Å². The molecule has 106 valence electrons. The highest BCUT2D eigenvalue weighted by molar-refractivity contribution is 8.27. The maximum atomic E-state index is 12.7. The molecule has 0 radical (unpaired) electrons. The average Bonchev–Trinajstić information content (AvgIpc) is 3.03. The third kappa shape index (κ3) is 2.81. The van der Waals surface area contributed by atoms with Gasteiger partial charge >= 0.3 is 0 Å². The molecule has 1 saturated heterocycles. The van der Waals surface area contributed by atoms with E-state index in [1.807, 2.05) is 55.6 Å². The van der Waals surface area contributed by atoms with Crippen molar-refractivity contribution in [3.05, 3.63) is 56.6 Å². The van der Waals surface area contributed by atoms with E-state index in [4.69, 9.17) is 12.2 Å². The van der Waals surface area contributed by atoms with Gasteiger partial charge in [0.15, 0.2) is 4.32 Å². The Balaban J connectivity index is 2.00. The zero-order valence-electron chi connectivity index (χ0n) is 11.6. The number of hydrogen-bond acceptors (Lipinski definition) is 4. The quantitative estimate of drug-likeness (QED) is 0.584. The average molecular weight is 331 g/mol. The van der Waals surface area contributed by atoms with Crippen LogP contribution in [0.25, 0.3) is 6.08 Å². The number of hydrogen-bond donors (Lipinski definition) is 0. The van der Waals surface area contributed by atoms with Crippen molar-refractivity contribution in [3.63, 3.8) is 0 Å². The van der Waals surface area contributed by atoms with Crippen LogP contribution in [0.5, 0.6) is 0 Å². The lowest BCUT2D eigenvalue weighted by molar-refractivity contribution is -0.113. The van der Waals surface area contributed by atoms with Crippen molar-refractivity contribution in [2.24, 2.45) is 0 Å². The van der Waals surface area contributed by atoms with Gasteiger partial charge in [0.2, 0.25) is 0 Å². The Bertz CT molecular complexity index is 747. The van der Waals surface area contributed by atoms with E-state index in [9.17, 15) is 4.79 Å². The van der Waals surface area contributed by atoms with Crippen molar-refractivity contribution < 1.29 is 4.79 Å². The van der Waals surface area contributed by atoms with Gasteiger partial charge in [-0.25, -0.2) is 0 Å². The van der Waals surface area contributed by atoms with E-state index in [0.717, 1.165) is 21.7 Å². The number of thiophene rings is 1. The third-order valence-electron chi connectivity index (χ3n) is 3.22. The first-order valence-electron chi connectivity index (χ1n) is 6.45. The summed E-state index contributed by atoms with van der Waals surface area (Å²) in [7, 11) is 0. The number of thioether (sulfide) groups is 1. The summed E-state index contributed by atoms with van der Waals surface area (Å²) in [4.78, 5) is 16.1. The molecule has 0 spiro atoms. The number of carbonyl (C=O) groups excluding carboxylic acids is 1. The van der Waals surface area contributed by atoms with Gasteiger partial charge in [0, 0.05) is 4.88 Å².